The molecule has 0 bridgehead atoms. The number of rotatable bonds is 4. The number of carbonyl (C=O) groups is 1. The lowest BCUT2D eigenvalue weighted by Crippen LogP contribution is -2.49. The Bertz CT molecular complexity index is 528. The standard InChI is InChI=1S/C18H26FN3O/c1-14(15-2-4-16(19)5-3-15)12-18(23)22-9-6-17(13-22)21-10-7-20-8-11-21/h2-5,14,17,20H,6-13H2,1H3. The topological polar surface area (TPSA) is 35.6 Å². The highest BCUT2D eigenvalue weighted by atomic mass is 19.1. The Hall–Kier alpha value is -1.46. The molecule has 1 aromatic carbocycles. The Morgan fingerprint density at radius 1 is 1.26 bits per heavy atom. The number of halogens is 1. The van der Waals surface area contributed by atoms with Crippen LogP contribution in [-0.4, -0.2) is 61.0 Å². The molecule has 2 unspecified atom stereocenters. The fourth-order valence-corrected chi connectivity index (χ4v) is 3.61. The van der Waals surface area contributed by atoms with Gasteiger partial charge in [0.25, 0.3) is 0 Å². The van der Waals surface area contributed by atoms with Crippen molar-refractivity contribution in [2.75, 3.05) is 39.3 Å². The zero-order valence-electron chi connectivity index (χ0n) is 13.8. The maximum absolute atomic E-state index is 13.0. The van der Waals surface area contributed by atoms with E-state index in [4.69, 9.17) is 0 Å². The summed E-state index contributed by atoms with van der Waals surface area (Å²) in [7, 11) is 0. The summed E-state index contributed by atoms with van der Waals surface area (Å²) in [6.45, 7) is 8.02. The van der Waals surface area contributed by atoms with E-state index in [1.165, 1.54) is 12.1 Å². The molecule has 0 aliphatic carbocycles. The third kappa shape index (κ3) is 4.09. The van der Waals surface area contributed by atoms with Crippen molar-refractivity contribution in [1.29, 1.82) is 0 Å². The normalized spacial score (nSPS) is 23.9. The zero-order chi connectivity index (χ0) is 16.2. The smallest absolute Gasteiger partial charge is 0.223 e. The summed E-state index contributed by atoms with van der Waals surface area (Å²) in [5.74, 6) is 0.117. The fourth-order valence-electron chi connectivity index (χ4n) is 3.61. The number of piperazine rings is 1. The molecule has 2 fully saturated rings. The van der Waals surface area contributed by atoms with Crippen molar-refractivity contribution < 1.29 is 9.18 Å². The average Bonchev–Trinajstić information content (AvgIpc) is 3.06. The van der Waals surface area contributed by atoms with E-state index in [-0.39, 0.29) is 17.6 Å². The van der Waals surface area contributed by atoms with E-state index >= 15 is 0 Å². The van der Waals surface area contributed by atoms with Crippen molar-refractivity contribution in [1.82, 2.24) is 15.1 Å². The Kier molecular flexibility index (Phi) is 5.28. The minimum atomic E-state index is -0.231. The Labute approximate surface area is 137 Å². The van der Waals surface area contributed by atoms with Gasteiger partial charge in [0.05, 0.1) is 0 Å². The van der Waals surface area contributed by atoms with Gasteiger partial charge in [-0.2, -0.15) is 0 Å². The second kappa shape index (κ2) is 7.41. The van der Waals surface area contributed by atoms with Crippen LogP contribution in [0.15, 0.2) is 24.3 Å². The Balaban J connectivity index is 1.51. The van der Waals surface area contributed by atoms with Gasteiger partial charge in [0.1, 0.15) is 5.82 Å². The van der Waals surface area contributed by atoms with Crippen molar-refractivity contribution in [3.05, 3.63) is 35.6 Å². The summed E-state index contributed by atoms with van der Waals surface area (Å²) in [4.78, 5) is 17.1. The van der Waals surface area contributed by atoms with Gasteiger partial charge in [0.15, 0.2) is 0 Å². The first kappa shape index (κ1) is 16.4. The lowest BCUT2D eigenvalue weighted by atomic mass is 9.97. The average molecular weight is 319 g/mol. The van der Waals surface area contributed by atoms with Crippen LogP contribution in [0.25, 0.3) is 0 Å². The molecule has 0 aromatic heterocycles. The Morgan fingerprint density at radius 3 is 2.65 bits per heavy atom. The molecule has 1 amide bonds. The molecule has 126 valence electrons. The molecule has 23 heavy (non-hydrogen) atoms. The minimum Gasteiger partial charge on any atom is -0.341 e. The van der Waals surface area contributed by atoms with Gasteiger partial charge in [-0.05, 0) is 30.0 Å². The predicted molar refractivity (Wildman–Crippen MR) is 88.9 cm³/mol. The number of hydrogen-bond donors (Lipinski definition) is 1. The minimum absolute atomic E-state index is 0.126. The van der Waals surface area contributed by atoms with E-state index in [0.717, 1.165) is 51.3 Å². The van der Waals surface area contributed by atoms with Gasteiger partial charge in [-0.3, -0.25) is 9.69 Å². The summed E-state index contributed by atoms with van der Waals surface area (Å²) >= 11 is 0. The highest BCUT2D eigenvalue weighted by Gasteiger charge is 2.31. The molecule has 0 spiro atoms. The van der Waals surface area contributed by atoms with Crippen LogP contribution in [0.5, 0.6) is 0 Å². The van der Waals surface area contributed by atoms with Crippen LogP contribution in [0.4, 0.5) is 4.39 Å². The first-order valence-corrected chi connectivity index (χ1v) is 8.61. The molecular formula is C18H26FN3O. The number of nitrogens with one attached hydrogen (secondary N) is 1. The van der Waals surface area contributed by atoms with Gasteiger partial charge in [0, 0.05) is 51.7 Å². The molecule has 1 N–H and O–H groups in total. The largest absolute Gasteiger partial charge is 0.341 e. The molecule has 1 aromatic rings. The third-order valence-electron chi connectivity index (χ3n) is 5.10. The lowest BCUT2D eigenvalue weighted by molar-refractivity contribution is -0.130. The van der Waals surface area contributed by atoms with Gasteiger partial charge in [-0.1, -0.05) is 19.1 Å². The van der Waals surface area contributed by atoms with Gasteiger partial charge in [-0.25, -0.2) is 4.39 Å². The summed E-state index contributed by atoms with van der Waals surface area (Å²) in [5, 5.41) is 3.37. The molecule has 0 saturated carbocycles. The zero-order valence-corrected chi connectivity index (χ0v) is 13.8. The van der Waals surface area contributed by atoms with Gasteiger partial charge >= 0.3 is 0 Å². The number of nitrogens with zero attached hydrogens (tertiary/aromatic N) is 2. The predicted octanol–water partition coefficient (Wildman–Crippen LogP) is 1.83. The summed E-state index contributed by atoms with van der Waals surface area (Å²) in [6, 6.07) is 7.00. The maximum Gasteiger partial charge on any atom is 0.223 e. The molecule has 2 atom stereocenters. The first-order chi connectivity index (χ1) is 11.1. The molecule has 5 heteroatoms. The van der Waals surface area contributed by atoms with E-state index in [1.807, 2.05) is 11.8 Å². The number of likely N-dealkylation sites (tertiary alicyclic amines) is 1. The molecule has 2 saturated heterocycles. The van der Waals surface area contributed by atoms with Crippen LogP contribution >= 0.6 is 0 Å². The van der Waals surface area contributed by atoms with Crippen molar-refractivity contribution in [2.24, 2.45) is 0 Å². The van der Waals surface area contributed by atoms with E-state index in [0.29, 0.717) is 12.5 Å². The quantitative estimate of drug-likeness (QED) is 0.920. The lowest BCUT2D eigenvalue weighted by Gasteiger charge is -2.32. The van der Waals surface area contributed by atoms with Crippen LogP contribution in [0.1, 0.15) is 31.2 Å². The fraction of sp³-hybridized carbons (Fsp3) is 0.611. The van der Waals surface area contributed by atoms with E-state index in [9.17, 15) is 9.18 Å². The summed E-state index contributed by atoms with van der Waals surface area (Å²) in [5.41, 5.74) is 1.03. The molecule has 2 aliphatic heterocycles. The van der Waals surface area contributed by atoms with E-state index < -0.39 is 0 Å². The van der Waals surface area contributed by atoms with E-state index in [2.05, 4.69) is 10.2 Å². The van der Waals surface area contributed by atoms with Crippen molar-refractivity contribution in [3.63, 3.8) is 0 Å². The molecular weight excluding hydrogens is 293 g/mol. The molecule has 3 rings (SSSR count). The maximum atomic E-state index is 13.0. The van der Waals surface area contributed by atoms with E-state index in [1.54, 1.807) is 12.1 Å². The highest BCUT2D eigenvalue weighted by Crippen LogP contribution is 2.23. The Morgan fingerprint density at radius 2 is 1.96 bits per heavy atom. The highest BCUT2D eigenvalue weighted by molar-refractivity contribution is 5.77. The number of benzene rings is 1. The van der Waals surface area contributed by atoms with Crippen LogP contribution in [0.2, 0.25) is 0 Å². The van der Waals surface area contributed by atoms with Crippen LogP contribution < -0.4 is 5.32 Å². The van der Waals surface area contributed by atoms with Crippen molar-refractivity contribution in [2.45, 2.75) is 31.7 Å². The summed E-state index contributed by atoms with van der Waals surface area (Å²) in [6.07, 6.45) is 1.58. The number of hydrogen-bond acceptors (Lipinski definition) is 3. The number of carbonyl (C=O) groups excluding carboxylic acids is 1. The van der Waals surface area contributed by atoms with Crippen LogP contribution in [0, 0.1) is 5.82 Å². The summed E-state index contributed by atoms with van der Waals surface area (Å²) < 4.78 is 13.0. The van der Waals surface area contributed by atoms with Crippen molar-refractivity contribution >= 4 is 5.91 Å². The monoisotopic (exact) mass is 319 g/mol. The molecule has 2 heterocycles. The van der Waals surface area contributed by atoms with Gasteiger partial charge < -0.3 is 10.2 Å². The van der Waals surface area contributed by atoms with Crippen LogP contribution in [-0.2, 0) is 4.79 Å². The SMILES string of the molecule is CC(CC(=O)N1CCC(N2CCNCC2)C1)c1ccc(F)cc1. The van der Waals surface area contributed by atoms with Crippen molar-refractivity contribution in [3.8, 4) is 0 Å². The van der Waals surface area contributed by atoms with Gasteiger partial charge in [0.2, 0.25) is 5.91 Å². The van der Waals surface area contributed by atoms with Crippen LogP contribution in [0.3, 0.4) is 0 Å². The second-order valence-electron chi connectivity index (χ2n) is 6.72. The second-order valence-corrected chi connectivity index (χ2v) is 6.72. The molecule has 4 nitrogen and oxygen atoms in total. The first-order valence-electron chi connectivity index (χ1n) is 8.61. The molecule has 2 aliphatic rings. The third-order valence-corrected chi connectivity index (χ3v) is 5.10. The number of amides is 1. The molecule has 0 radical (unpaired) electrons. The van der Waals surface area contributed by atoms with Gasteiger partial charge in [-0.15, -0.1) is 0 Å².